The Labute approximate surface area is 174 Å². The Balaban J connectivity index is 0. The molecule has 25 heavy (non-hydrogen) atoms. The average molecular weight is 367 g/mol. The molecule has 7 heteroatoms. The number of carbonyl (C=O) groups is 2. The molecule has 0 aromatic heterocycles. The number of nitrogens with zero attached hydrogens (tertiary/aromatic N) is 1. The number of aliphatic hydroxyl groups excluding tert-OH is 2. The number of aliphatic hydroxyl groups is 2. The van der Waals surface area contributed by atoms with Gasteiger partial charge in [0, 0.05) is 31.9 Å². The summed E-state index contributed by atoms with van der Waals surface area (Å²) in [6, 6.07) is 0. The van der Waals surface area contributed by atoms with Gasteiger partial charge in [-0.15, -0.1) is 0 Å². The van der Waals surface area contributed by atoms with Crippen molar-refractivity contribution < 1.29 is 54.5 Å². The van der Waals surface area contributed by atoms with Gasteiger partial charge in [0.1, 0.15) is 0 Å². The molecular formula is C18H34NNaO5. The fourth-order valence-corrected chi connectivity index (χ4v) is 2.60. The van der Waals surface area contributed by atoms with E-state index in [-0.39, 0.29) is 55.0 Å². The summed E-state index contributed by atoms with van der Waals surface area (Å²) in [5, 5.41) is 28.9. The number of unbranched alkanes of at least 4 members (excludes halogenated alkanes) is 8. The van der Waals surface area contributed by atoms with Gasteiger partial charge in [0.25, 0.3) is 0 Å². The molecular weight excluding hydrogens is 333 g/mol. The summed E-state index contributed by atoms with van der Waals surface area (Å²) >= 11 is 0. The van der Waals surface area contributed by atoms with Crippen molar-refractivity contribution in [3.63, 3.8) is 0 Å². The summed E-state index contributed by atoms with van der Waals surface area (Å²) in [4.78, 5) is 24.0. The number of carbonyl (C=O) groups excluding carboxylic acids is 2. The van der Waals surface area contributed by atoms with Crippen LogP contribution >= 0.6 is 0 Å². The Morgan fingerprint density at radius 3 is 1.96 bits per heavy atom. The van der Waals surface area contributed by atoms with Crippen molar-refractivity contribution in [2.75, 3.05) is 19.7 Å². The van der Waals surface area contributed by atoms with E-state index >= 15 is 0 Å². The molecule has 2 N–H and O–H groups in total. The molecule has 0 aliphatic carbocycles. The number of carboxylic acids is 1. The van der Waals surface area contributed by atoms with E-state index in [9.17, 15) is 19.8 Å². The van der Waals surface area contributed by atoms with Crippen LogP contribution in [0.2, 0.25) is 0 Å². The van der Waals surface area contributed by atoms with Crippen molar-refractivity contribution in [3.05, 3.63) is 0 Å². The minimum absolute atomic E-state index is 0. The van der Waals surface area contributed by atoms with Crippen molar-refractivity contribution in [1.29, 1.82) is 0 Å². The fourth-order valence-electron chi connectivity index (χ4n) is 2.60. The molecule has 1 atom stereocenters. The summed E-state index contributed by atoms with van der Waals surface area (Å²) in [6.07, 6.45) is 9.47. The van der Waals surface area contributed by atoms with Gasteiger partial charge in [-0.2, -0.15) is 0 Å². The van der Waals surface area contributed by atoms with Crippen LogP contribution in [-0.4, -0.2) is 52.8 Å². The van der Waals surface area contributed by atoms with Crippen LogP contribution < -0.4 is 34.7 Å². The first-order valence-corrected chi connectivity index (χ1v) is 9.27. The molecule has 0 aromatic rings. The molecule has 0 heterocycles. The van der Waals surface area contributed by atoms with Gasteiger partial charge in [-0.25, -0.2) is 0 Å². The minimum atomic E-state index is -1.23. The van der Waals surface area contributed by atoms with Crippen LogP contribution in [0.1, 0.15) is 77.6 Å². The second-order valence-electron chi connectivity index (χ2n) is 6.38. The first kappa shape index (κ1) is 27.1. The second-order valence-corrected chi connectivity index (χ2v) is 6.38. The van der Waals surface area contributed by atoms with Gasteiger partial charge in [-0.3, -0.25) is 4.79 Å². The van der Waals surface area contributed by atoms with E-state index in [0.29, 0.717) is 6.42 Å². The van der Waals surface area contributed by atoms with Gasteiger partial charge in [-0.05, 0) is 6.42 Å². The van der Waals surface area contributed by atoms with E-state index in [1.807, 2.05) is 0 Å². The zero-order valence-corrected chi connectivity index (χ0v) is 18.0. The van der Waals surface area contributed by atoms with Crippen molar-refractivity contribution in [1.82, 2.24) is 4.90 Å². The molecule has 0 spiro atoms. The van der Waals surface area contributed by atoms with E-state index in [4.69, 9.17) is 5.11 Å². The Morgan fingerprint density at radius 1 is 0.960 bits per heavy atom. The number of hydrogen-bond acceptors (Lipinski definition) is 5. The van der Waals surface area contributed by atoms with Gasteiger partial charge in [0.15, 0.2) is 0 Å². The summed E-state index contributed by atoms with van der Waals surface area (Å²) < 4.78 is 0. The van der Waals surface area contributed by atoms with Crippen LogP contribution in [0.5, 0.6) is 0 Å². The maximum absolute atomic E-state index is 12.1. The van der Waals surface area contributed by atoms with Crippen molar-refractivity contribution in [2.24, 2.45) is 0 Å². The van der Waals surface area contributed by atoms with Gasteiger partial charge in [0.05, 0.1) is 12.7 Å². The van der Waals surface area contributed by atoms with E-state index < -0.39 is 18.7 Å². The van der Waals surface area contributed by atoms with Gasteiger partial charge >= 0.3 is 29.6 Å². The molecule has 0 bridgehead atoms. The average Bonchev–Trinajstić information content (AvgIpc) is 2.56. The van der Waals surface area contributed by atoms with E-state index in [1.165, 1.54) is 43.4 Å². The molecule has 1 amide bonds. The van der Waals surface area contributed by atoms with E-state index in [0.717, 1.165) is 19.3 Å². The number of aliphatic carboxylic acids is 1. The Morgan fingerprint density at radius 2 is 1.48 bits per heavy atom. The van der Waals surface area contributed by atoms with E-state index in [2.05, 4.69) is 6.92 Å². The van der Waals surface area contributed by atoms with Crippen molar-refractivity contribution in [3.8, 4) is 0 Å². The number of hydrogen-bond donors (Lipinski definition) is 2. The zero-order chi connectivity index (χ0) is 18.2. The zero-order valence-electron chi connectivity index (χ0n) is 16.0. The molecule has 0 fully saturated rings. The quantitative estimate of drug-likeness (QED) is 0.248. The SMILES string of the molecule is CCCCCCCCCCCC(=O)N(CCC(=O)[O-])CC(O)CO.[Na+]. The Hall–Kier alpha value is -0.140. The third kappa shape index (κ3) is 17.0. The van der Waals surface area contributed by atoms with Crippen LogP contribution in [0.4, 0.5) is 0 Å². The maximum atomic E-state index is 12.1. The second kappa shape index (κ2) is 18.6. The molecule has 6 nitrogen and oxygen atoms in total. The standard InChI is InChI=1S/C18H35NO5.Na/c1-2-3-4-5-6-7-8-9-10-11-17(22)19(13-12-18(23)24)14-16(21)15-20;/h16,20-21H,2-15H2,1H3,(H,23,24);/q;+1/p-1. The van der Waals surface area contributed by atoms with Crippen molar-refractivity contribution >= 4 is 11.9 Å². The Bertz CT molecular complexity index is 341. The van der Waals surface area contributed by atoms with Crippen LogP contribution in [0.3, 0.4) is 0 Å². The number of carboxylic acid groups (broad SMARTS) is 1. The molecule has 0 saturated carbocycles. The monoisotopic (exact) mass is 367 g/mol. The van der Waals surface area contributed by atoms with Crippen molar-refractivity contribution in [2.45, 2.75) is 83.7 Å². The topological polar surface area (TPSA) is 101 Å². The Kier molecular flexibility index (Phi) is 20.2. The van der Waals surface area contributed by atoms with Gasteiger partial charge in [-0.1, -0.05) is 58.3 Å². The van der Waals surface area contributed by atoms with Gasteiger partial charge < -0.3 is 25.0 Å². The van der Waals surface area contributed by atoms with Crippen LogP contribution in [-0.2, 0) is 9.59 Å². The van der Waals surface area contributed by atoms with Gasteiger partial charge in [0.2, 0.25) is 5.91 Å². The molecule has 1 unspecified atom stereocenters. The largest absolute Gasteiger partial charge is 1.00 e. The summed E-state index contributed by atoms with van der Waals surface area (Å²) in [7, 11) is 0. The minimum Gasteiger partial charge on any atom is -0.550 e. The summed E-state index contributed by atoms with van der Waals surface area (Å²) in [6.45, 7) is 1.72. The first-order valence-electron chi connectivity index (χ1n) is 9.27. The predicted molar refractivity (Wildman–Crippen MR) is 91.1 cm³/mol. The third-order valence-electron chi connectivity index (χ3n) is 4.07. The van der Waals surface area contributed by atoms with Crippen LogP contribution in [0, 0.1) is 0 Å². The number of rotatable bonds is 16. The fraction of sp³-hybridized carbons (Fsp3) is 0.889. The number of amides is 1. The van der Waals surface area contributed by atoms with Crippen LogP contribution in [0.25, 0.3) is 0 Å². The molecule has 142 valence electrons. The third-order valence-corrected chi connectivity index (χ3v) is 4.07. The molecule has 0 aromatic carbocycles. The predicted octanol–water partition coefficient (Wildman–Crippen LogP) is -1.77. The first-order chi connectivity index (χ1) is 11.5. The molecule has 0 aliphatic rings. The maximum Gasteiger partial charge on any atom is 1.00 e. The smallest absolute Gasteiger partial charge is 0.550 e. The molecule has 0 radical (unpaired) electrons. The van der Waals surface area contributed by atoms with E-state index in [1.54, 1.807) is 0 Å². The molecule has 0 rings (SSSR count). The summed E-state index contributed by atoms with van der Waals surface area (Å²) in [5.74, 6) is -1.40. The normalized spacial score (nSPS) is 11.6. The molecule has 0 aliphatic heterocycles. The summed E-state index contributed by atoms with van der Waals surface area (Å²) in [5.41, 5.74) is 0. The molecule has 0 saturated heterocycles. The van der Waals surface area contributed by atoms with Crippen LogP contribution in [0.15, 0.2) is 0 Å².